The molecule has 106 valence electrons. The first kappa shape index (κ1) is 14.3. The van der Waals surface area contributed by atoms with Gasteiger partial charge in [0.25, 0.3) is 0 Å². The zero-order valence-electron chi connectivity index (χ0n) is 11.6. The Kier molecular flexibility index (Phi) is 5.63. The van der Waals surface area contributed by atoms with Gasteiger partial charge in [0.05, 0.1) is 12.7 Å². The van der Waals surface area contributed by atoms with Crippen LogP contribution in [0.25, 0.3) is 0 Å². The molecule has 1 saturated heterocycles. The van der Waals surface area contributed by atoms with Crippen LogP contribution in [0.2, 0.25) is 0 Å². The van der Waals surface area contributed by atoms with Gasteiger partial charge in [-0.25, -0.2) is 0 Å². The second kappa shape index (κ2) is 7.48. The maximum absolute atomic E-state index is 9.70. The predicted molar refractivity (Wildman–Crippen MR) is 77.5 cm³/mol. The highest BCUT2D eigenvalue weighted by Crippen LogP contribution is 2.20. The van der Waals surface area contributed by atoms with Crippen molar-refractivity contribution in [1.82, 2.24) is 5.32 Å². The van der Waals surface area contributed by atoms with Crippen molar-refractivity contribution in [3.8, 4) is 0 Å². The fourth-order valence-corrected chi connectivity index (χ4v) is 2.42. The topological polar surface area (TPSA) is 44.7 Å². The smallest absolute Gasteiger partial charge is 0.0715 e. The number of piperidine rings is 1. The molecule has 0 radical (unpaired) electrons. The number of hydrogen-bond donors (Lipinski definition) is 2. The van der Waals surface area contributed by atoms with E-state index in [1.54, 1.807) is 7.11 Å². The van der Waals surface area contributed by atoms with Gasteiger partial charge in [0, 0.05) is 39.0 Å². The van der Waals surface area contributed by atoms with Crippen molar-refractivity contribution in [2.45, 2.75) is 25.5 Å². The second-order valence-electron chi connectivity index (χ2n) is 5.08. The summed E-state index contributed by atoms with van der Waals surface area (Å²) >= 11 is 0. The van der Waals surface area contributed by atoms with E-state index in [2.05, 4.69) is 34.5 Å². The monoisotopic (exact) mass is 264 g/mol. The number of benzene rings is 1. The lowest BCUT2D eigenvalue weighted by molar-refractivity contribution is 0.154. The Bertz CT molecular complexity index is 367. The van der Waals surface area contributed by atoms with Gasteiger partial charge in [-0.1, -0.05) is 12.1 Å². The number of nitrogens with zero attached hydrogens (tertiary/aromatic N) is 1. The lowest BCUT2D eigenvalue weighted by Crippen LogP contribution is -2.38. The van der Waals surface area contributed by atoms with Crippen molar-refractivity contribution in [2.24, 2.45) is 0 Å². The van der Waals surface area contributed by atoms with Gasteiger partial charge in [0.1, 0.15) is 0 Å². The van der Waals surface area contributed by atoms with E-state index in [9.17, 15) is 5.11 Å². The average Bonchev–Trinajstić information content (AvgIpc) is 2.44. The predicted octanol–water partition coefficient (Wildman–Crippen LogP) is 1.38. The Labute approximate surface area is 115 Å². The molecule has 0 spiro atoms. The number of aliphatic hydroxyl groups excluding tert-OH is 1. The van der Waals surface area contributed by atoms with E-state index < -0.39 is 0 Å². The molecule has 0 aliphatic carbocycles. The highest BCUT2D eigenvalue weighted by Gasteiger charge is 2.17. The molecule has 1 atom stereocenters. The molecule has 0 aromatic heterocycles. The summed E-state index contributed by atoms with van der Waals surface area (Å²) in [6.07, 6.45) is 1.82. The molecule has 1 unspecified atom stereocenters. The number of ether oxygens (including phenoxy) is 1. The number of β-amino-alcohol motifs (C(OH)–C–C–N with tert-alkyl or cyclic N) is 1. The first-order valence-electron chi connectivity index (χ1n) is 7.01. The van der Waals surface area contributed by atoms with Crippen molar-refractivity contribution in [3.63, 3.8) is 0 Å². The summed E-state index contributed by atoms with van der Waals surface area (Å²) in [5, 5.41) is 13.0. The van der Waals surface area contributed by atoms with Crippen molar-refractivity contribution >= 4 is 5.69 Å². The van der Waals surface area contributed by atoms with E-state index >= 15 is 0 Å². The third-order valence-electron chi connectivity index (χ3n) is 3.51. The van der Waals surface area contributed by atoms with E-state index in [4.69, 9.17) is 4.74 Å². The Morgan fingerprint density at radius 3 is 2.84 bits per heavy atom. The molecule has 1 aromatic carbocycles. The molecule has 0 amide bonds. The van der Waals surface area contributed by atoms with Gasteiger partial charge in [-0.3, -0.25) is 0 Å². The van der Waals surface area contributed by atoms with E-state index in [1.807, 2.05) is 0 Å². The van der Waals surface area contributed by atoms with Crippen LogP contribution in [0.1, 0.15) is 18.4 Å². The number of anilines is 1. The lowest BCUT2D eigenvalue weighted by Gasteiger charge is -2.32. The molecule has 1 aliphatic heterocycles. The van der Waals surface area contributed by atoms with E-state index in [-0.39, 0.29) is 6.10 Å². The molecule has 0 bridgehead atoms. The summed E-state index contributed by atoms with van der Waals surface area (Å²) in [6.45, 7) is 4.28. The first-order valence-corrected chi connectivity index (χ1v) is 7.01. The van der Waals surface area contributed by atoms with Crippen LogP contribution in [0, 0.1) is 0 Å². The fourth-order valence-electron chi connectivity index (χ4n) is 2.42. The zero-order valence-corrected chi connectivity index (χ0v) is 11.6. The molecule has 4 nitrogen and oxygen atoms in total. The molecule has 19 heavy (non-hydrogen) atoms. The number of nitrogens with one attached hydrogen (secondary N) is 1. The van der Waals surface area contributed by atoms with Gasteiger partial charge < -0.3 is 20.1 Å². The van der Waals surface area contributed by atoms with Crippen molar-refractivity contribution in [2.75, 3.05) is 38.3 Å². The number of rotatable bonds is 6. The van der Waals surface area contributed by atoms with Crippen molar-refractivity contribution in [1.29, 1.82) is 0 Å². The van der Waals surface area contributed by atoms with Crippen molar-refractivity contribution in [3.05, 3.63) is 29.8 Å². The molecule has 0 saturated carbocycles. The Balaban J connectivity index is 1.83. The van der Waals surface area contributed by atoms with Gasteiger partial charge in [0.15, 0.2) is 0 Å². The number of methoxy groups -OCH3 is 1. The van der Waals surface area contributed by atoms with Gasteiger partial charge in [0.2, 0.25) is 0 Å². The second-order valence-corrected chi connectivity index (χ2v) is 5.08. The van der Waals surface area contributed by atoms with E-state index in [0.717, 1.165) is 45.6 Å². The minimum atomic E-state index is -0.177. The third kappa shape index (κ3) is 4.49. The van der Waals surface area contributed by atoms with E-state index in [1.165, 1.54) is 11.3 Å². The quantitative estimate of drug-likeness (QED) is 0.762. The normalized spacial score (nSPS) is 19.7. The molecule has 1 aromatic rings. The zero-order chi connectivity index (χ0) is 13.5. The maximum atomic E-state index is 9.70. The standard InChI is InChI=1S/C15H24N2O2/c1-19-10-8-16-11-13-4-6-14(7-5-13)17-9-2-3-15(18)12-17/h4-7,15-16,18H,2-3,8-12H2,1H3. The summed E-state index contributed by atoms with van der Waals surface area (Å²) in [6, 6.07) is 8.59. The molecule has 2 N–H and O–H groups in total. The van der Waals surface area contributed by atoms with Crippen LogP contribution < -0.4 is 10.2 Å². The van der Waals surface area contributed by atoms with Crippen LogP contribution in [0.4, 0.5) is 5.69 Å². The lowest BCUT2D eigenvalue weighted by atomic mass is 10.1. The Hall–Kier alpha value is -1.10. The maximum Gasteiger partial charge on any atom is 0.0715 e. The van der Waals surface area contributed by atoms with Crippen molar-refractivity contribution < 1.29 is 9.84 Å². The van der Waals surface area contributed by atoms with Gasteiger partial charge in [-0.2, -0.15) is 0 Å². The van der Waals surface area contributed by atoms with Crippen LogP contribution in [-0.2, 0) is 11.3 Å². The molecule has 4 heteroatoms. The number of aliphatic hydroxyl groups is 1. The minimum absolute atomic E-state index is 0.177. The third-order valence-corrected chi connectivity index (χ3v) is 3.51. The van der Waals surface area contributed by atoms with Gasteiger partial charge in [-0.15, -0.1) is 0 Å². The first-order chi connectivity index (χ1) is 9.29. The van der Waals surface area contributed by atoms with Crippen LogP contribution >= 0.6 is 0 Å². The Morgan fingerprint density at radius 1 is 1.37 bits per heavy atom. The average molecular weight is 264 g/mol. The molecular formula is C15H24N2O2. The van der Waals surface area contributed by atoms with Crippen LogP contribution in [-0.4, -0.2) is 44.6 Å². The Morgan fingerprint density at radius 2 is 2.16 bits per heavy atom. The minimum Gasteiger partial charge on any atom is -0.391 e. The summed E-state index contributed by atoms with van der Waals surface area (Å²) < 4.78 is 5.00. The largest absolute Gasteiger partial charge is 0.391 e. The molecular weight excluding hydrogens is 240 g/mol. The fraction of sp³-hybridized carbons (Fsp3) is 0.600. The van der Waals surface area contributed by atoms with Gasteiger partial charge >= 0.3 is 0 Å². The SMILES string of the molecule is COCCNCc1ccc(N2CCCC(O)C2)cc1. The molecule has 2 rings (SSSR count). The van der Waals surface area contributed by atoms with E-state index in [0.29, 0.717) is 0 Å². The highest BCUT2D eigenvalue weighted by atomic mass is 16.5. The molecule has 1 heterocycles. The molecule has 1 fully saturated rings. The highest BCUT2D eigenvalue weighted by molar-refractivity contribution is 5.48. The number of hydrogen-bond acceptors (Lipinski definition) is 4. The van der Waals surface area contributed by atoms with Gasteiger partial charge in [-0.05, 0) is 30.5 Å². The van der Waals surface area contributed by atoms with Crippen LogP contribution in [0.15, 0.2) is 24.3 Å². The van der Waals surface area contributed by atoms with Crippen LogP contribution in [0.5, 0.6) is 0 Å². The summed E-state index contributed by atoms with van der Waals surface area (Å²) in [7, 11) is 1.71. The summed E-state index contributed by atoms with van der Waals surface area (Å²) in [5.74, 6) is 0. The summed E-state index contributed by atoms with van der Waals surface area (Å²) in [4.78, 5) is 2.26. The summed E-state index contributed by atoms with van der Waals surface area (Å²) in [5.41, 5.74) is 2.48. The van der Waals surface area contributed by atoms with Crippen LogP contribution in [0.3, 0.4) is 0 Å². The molecule has 1 aliphatic rings.